The second-order valence-electron chi connectivity index (χ2n) is 6.69. The number of guanidine groups is 1. The minimum atomic E-state index is 0. The molecular formula is C19H32IN5O. The zero-order valence-electron chi connectivity index (χ0n) is 16.0. The molecule has 0 bridgehead atoms. The van der Waals surface area contributed by atoms with Crippen molar-refractivity contribution in [1.29, 1.82) is 0 Å². The summed E-state index contributed by atoms with van der Waals surface area (Å²) in [5, 5.41) is 9.49. The summed E-state index contributed by atoms with van der Waals surface area (Å²) in [7, 11) is 4.14. The van der Waals surface area contributed by atoms with E-state index in [0.29, 0.717) is 19.6 Å². The lowest BCUT2D eigenvalue weighted by molar-refractivity contribution is -0.122. The maximum atomic E-state index is 11.6. The highest BCUT2D eigenvalue weighted by molar-refractivity contribution is 14.0. The number of carbonyl (C=O) groups is 1. The van der Waals surface area contributed by atoms with Crippen LogP contribution < -0.4 is 16.0 Å². The summed E-state index contributed by atoms with van der Waals surface area (Å²) in [4.78, 5) is 18.5. The molecule has 1 aromatic carbocycles. The van der Waals surface area contributed by atoms with Gasteiger partial charge in [-0.2, -0.15) is 0 Å². The summed E-state index contributed by atoms with van der Waals surface area (Å²) in [5.41, 5.74) is 2.53. The van der Waals surface area contributed by atoms with E-state index in [4.69, 9.17) is 0 Å². The number of amides is 1. The molecule has 26 heavy (non-hydrogen) atoms. The van der Waals surface area contributed by atoms with E-state index in [0.717, 1.165) is 31.9 Å². The first-order chi connectivity index (χ1) is 12.1. The molecule has 1 amide bonds. The normalized spacial score (nSPS) is 13.9. The maximum absolute atomic E-state index is 11.6. The quantitative estimate of drug-likeness (QED) is 0.222. The monoisotopic (exact) mass is 473 g/mol. The predicted octanol–water partition coefficient (Wildman–Crippen LogP) is 1.95. The van der Waals surface area contributed by atoms with Crippen LogP contribution in [0, 0.1) is 5.92 Å². The fourth-order valence-corrected chi connectivity index (χ4v) is 2.57. The Morgan fingerprint density at radius 3 is 2.38 bits per heavy atom. The molecule has 1 saturated carbocycles. The SMILES string of the molecule is CCNC(=NCc1ccccc1CN(C)C)NCCNC(=O)C1CC1.I. The van der Waals surface area contributed by atoms with Gasteiger partial charge in [0.1, 0.15) is 0 Å². The number of carbonyl (C=O) groups excluding carboxylic acids is 1. The predicted molar refractivity (Wildman–Crippen MR) is 118 cm³/mol. The van der Waals surface area contributed by atoms with Gasteiger partial charge >= 0.3 is 0 Å². The maximum Gasteiger partial charge on any atom is 0.223 e. The Kier molecular flexibility index (Phi) is 10.6. The lowest BCUT2D eigenvalue weighted by Gasteiger charge is -2.14. The van der Waals surface area contributed by atoms with Gasteiger partial charge in [-0.05, 0) is 45.0 Å². The number of benzene rings is 1. The van der Waals surface area contributed by atoms with Gasteiger partial charge in [-0.3, -0.25) is 4.79 Å². The minimum absolute atomic E-state index is 0. The summed E-state index contributed by atoms with van der Waals surface area (Å²) in [6.45, 7) is 5.68. The van der Waals surface area contributed by atoms with Crippen LogP contribution in [0.5, 0.6) is 0 Å². The molecule has 146 valence electrons. The molecule has 3 N–H and O–H groups in total. The van der Waals surface area contributed by atoms with Crippen LogP contribution in [0.4, 0.5) is 0 Å². The highest BCUT2D eigenvalue weighted by atomic mass is 127. The third-order valence-corrected chi connectivity index (χ3v) is 4.02. The zero-order valence-corrected chi connectivity index (χ0v) is 18.4. The van der Waals surface area contributed by atoms with Crippen molar-refractivity contribution in [2.24, 2.45) is 10.9 Å². The molecule has 0 aliphatic heterocycles. The van der Waals surface area contributed by atoms with E-state index in [-0.39, 0.29) is 35.8 Å². The molecule has 6 nitrogen and oxygen atoms in total. The number of aliphatic imine (C=N–C) groups is 1. The van der Waals surface area contributed by atoms with Crippen LogP contribution in [-0.4, -0.2) is 50.5 Å². The molecule has 0 atom stereocenters. The molecule has 0 aromatic heterocycles. The second kappa shape index (κ2) is 12.1. The van der Waals surface area contributed by atoms with E-state index in [1.54, 1.807) is 0 Å². The van der Waals surface area contributed by atoms with E-state index >= 15 is 0 Å². The van der Waals surface area contributed by atoms with Gasteiger partial charge in [0.05, 0.1) is 6.54 Å². The number of rotatable bonds is 9. The Morgan fingerprint density at radius 2 is 1.77 bits per heavy atom. The second-order valence-corrected chi connectivity index (χ2v) is 6.69. The summed E-state index contributed by atoms with van der Waals surface area (Å²) in [5.74, 6) is 1.22. The Labute approximate surface area is 174 Å². The summed E-state index contributed by atoms with van der Waals surface area (Å²) >= 11 is 0. The molecule has 0 saturated heterocycles. The Bertz CT molecular complexity index is 587. The first-order valence-electron chi connectivity index (χ1n) is 9.11. The van der Waals surface area contributed by atoms with Gasteiger partial charge in [-0.15, -0.1) is 24.0 Å². The van der Waals surface area contributed by atoms with Gasteiger partial charge in [0.15, 0.2) is 5.96 Å². The Hall–Kier alpha value is -1.35. The van der Waals surface area contributed by atoms with E-state index < -0.39 is 0 Å². The average Bonchev–Trinajstić information content (AvgIpc) is 3.42. The minimum Gasteiger partial charge on any atom is -0.357 e. The number of hydrogen-bond acceptors (Lipinski definition) is 3. The Balaban J connectivity index is 0.00000338. The third kappa shape index (κ3) is 8.35. The van der Waals surface area contributed by atoms with Crippen molar-refractivity contribution < 1.29 is 4.79 Å². The van der Waals surface area contributed by atoms with E-state index in [2.05, 4.69) is 64.2 Å². The fourth-order valence-electron chi connectivity index (χ4n) is 2.57. The molecule has 1 aliphatic carbocycles. The van der Waals surface area contributed by atoms with Gasteiger partial charge in [-0.25, -0.2) is 4.99 Å². The van der Waals surface area contributed by atoms with Crippen LogP contribution in [-0.2, 0) is 17.9 Å². The molecule has 1 fully saturated rings. The largest absolute Gasteiger partial charge is 0.357 e. The van der Waals surface area contributed by atoms with Crippen LogP contribution in [0.15, 0.2) is 29.3 Å². The standard InChI is InChI=1S/C19H31N5O.HI/c1-4-20-19(22-12-11-21-18(25)15-9-10-15)23-13-16-7-5-6-8-17(16)14-24(2)3;/h5-8,15H,4,9-14H2,1-3H3,(H,21,25)(H2,20,22,23);1H. The van der Waals surface area contributed by atoms with Crippen molar-refractivity contribution >= 4 is 35.8 Å². The van der Waals surface area contributed by atoms with Gasteiger partial charge in [0.2, 0.25) is 5.91 Å². The summed E-state index contributed by atoms with van der Waals surface area (Å²) in [6, 6.07) is 8.40. The fraction of sp³-hybridized carbons (Fsp3) is 0.579. The average molecular weight is 473 g/mol. The first kappa shape index (κ1) is 22.7. The molecule has 0 radical (unpaired) electrons. The molecular weight excluding hydrogens is 441 g/mol. The van der Waals surface area contributed by atoms with E-state index in [1.165, 1.54) is 11.1 Å². The van der Waals surface area contributed by atoms with E-state index in [9.17, 15) is 4.79 Å². The smallest absolute Gasteiger partial charge is 0.223 e. The molecule has 1 aromatic rings. The third-order valence-electron chi connectivity index (χ3n) is 4.02. The first-order valence-corrected chi connectivity index (χ1v) is 9.11. The van der Waals surface area contributed by atoms with Crippen LogP contribution in [0.3, 0.4) is 0 Å². The van der Waals surface area contributed by atoms with Crippen molar-refractivity contribution in [2.75, 3.05) is 33.7 Å². The van der Waals surface area contributed by atoms with Crippen molar-refractivity contribution in [3.8, 4) is 0 Å². The van der Waals surface area contributed by atoms with Crippen molar-refractivity contribution in [3.05, 3.63) is 35.4 Å². The Morgan fingerprint density at radius 1 is 1.12 bits per heavy atom. The highest BCUT2D eigenvalue weighted by Crippen LogP contribution is 2.28. The van der Waals surface area contributed by atoms with Gasteiger partial charge in [-0.1, -0.05) is 24.3 Å². The van der Waals surface area contributed by atoms with Crippen molar-refractivity contribution in [1.82, 2.24) is 20.9 Å². The van der Waals surface area contributed by atoms with Crippen LogP contribution in [0.25, 0.3) is 0 Å². The summed E-state index contributed by atoms with van der Waals surface area (Å²) in [6.07, 6.45) is 2.07. The van der Waals surface area contributed by atoms with Crippen LogP contribution >= 0.6 is 24.0 Å². The highest BCUT2D eigenvalue weighted by Gasteiger charge is 2.28. The van der Waals surface area contributed by atoms with Crippen LogP contribution in [0.1, 0.15) is 30.9 Å². The topological polar surface area (TPSA) is 68.8 Å². The van der Waals surface area contributed by atoms with Gasteiger partial charge in [0.25, 0.3) is 0 Å². The molecule has 7 heteroatoms. The summed E-state index contributed by atoms with van der Waals surface area (Å²) < 4.78 is 0. The molecule has 1 aliphatic rings. The molecule has 2 rings (SSSR count). The number of hydrogen-bond donors (Lipinski definition) is 3. The van der Waals surface area contributed by atoms with Gasteiger partial charge < -0.3 is 20.9 Å². The van der Waals surface area contributed by atoms with Gasteiger partial charge in [0, 0.05) is 32.1 Å². The number of nitrogens with one attached hydrogen (secondary N) is 3. The lowest BCUT2D eigenvalue weighted by atomic mass is 10.1. The number of nitrogens with zero attached hydrogens (tertiary/aromatic N) is 2. The van der Waals surface area contributed by atoms with E-state index in [1.807, 2.05) is 6.92 Å². The molecule has 0 unspecified atom stereocenters. The molecule has 0 spiro atoms. The van der Waals surface area contributed by atoms with Crippen LogP contribution in [0.2, 0.25) is 0 Å². The van der Waals surface area contributed by atoms with Crippen molar-refractivity contribution in [3.63, 3.8) is 0 Å². The molecule has 0 heterocycles. The zero-order chi connectivity index (χ0) is 18.1. The number of halogens is 1. The van der Waals surface area contributed by atoms with Crippen molar-refractivity contribution in [2.45, 2.75) is 32.9 Å². The lowest BCUT2D eigenvalue weighted by Crippen LogP contribution is -2.41.